The molecule has 3 rings (SSSR count). The van der Waals surface area contributed by atoms with Gasteiger partial charge < -0.3 is 10.3 Å². The van der Waals surface area contributed by atoms with Gasteiger partial charge >= 0.3 is 0 Å². The Labute approximate surface area is 114 Å². The second-order valence-electron chi connectivity index (χ2n) is 5.64. The highest BCUT2D eigenvalue weighted by molar-refractivity contribution is 5.50. The molecule has 1 atom stereocenters. The first-order valence-electron chi connectivity index (χ1n) is 7.44. The van der Waals surface area contributed by atoms with Crippen LogP contribution >= 0.6 is 0 Å². The largest absolute Gasteiger partial charge is 0.353 e. The van der Waals surface area contributed by atoms with Crippen molar-refractivity contribution in [2.45, 2.75) is 57.4 Å². The molecule has 0 aromatic carbocycles. The number of anilines is 2. The Morgan fingerprint density at radius 1 is 1.32 bits per heavy atom. The molecule has 0 spiro atoms. The van der Waals surface area contributed by atoms with Gasteiger partial charge in [0.05, 0.1) is 0 Å². The molecule has 1 aromatic rings. The summed E-state index contributed by atoms with van der Waals surface area (Å²) in [7, 11) is 0. The predicted molar refractivity (Wildman–Crippen MR) is 77.1 cm³/mol. The molecule has 5 heteroatoms. The molecule has 0 amide bonds. The lowest BCUT2D eigenvalue weighted by atomic mass is 10.00. The van der Waals surface area contributed by atoms with Crippen LogP contribution < -0.4 is 16.2 Å². The highest BCUT2D eigenvalue weighted by atomic mass is 15.3. The summed E-state index contributed by atoms with van der Waals surface area (Å²) in [5.74, 6) is 8.86. The van der Waals surface area contributed by atoms with E-state index in [0.717, 1.165) is 24.0 Å². The monoisotopic (exact) mass is 261 g/mol. The van der Waals surface area contributed by atoms with Crippen LogP contribution in [0.25, 0.3) is 0 Å². The minimum atomic E-state index is 0.553. The third-order valence-electron chi connectivity index (χ3n) is 4.21. The van der Waals surface area contributed by atoms with Crippen LogP contribution in [-0.2, 0) is 0 Å². The number of nitrogen functional groups attached to an aromatic ring is 1. The van der Waals surface area contributed by atoms with Gasteiger partial charge in [-0.1, -0.05) is 6.92 Å². The maximum absolute atomic E-state index is 5.55. The summed E-state index contributed by atoms with van der Waals surface area (Å²) in [4.78, 5) is 11.7. The molecule has 5 nitrogen and oxygen atoms in total. The topological polar surface area (TPSA) is 67.1 Å². The average molecular weight is 261 g/mol. The Kier molecular flexibility index (Phi) is 3.55. The number of nitrogens with zero attached hydrogens (tertiary/aromatic N) is 3. The molecule has 1 aliphatic heterocycles. The number of hydrogen-bond acceptors (Lipinski definition) is 5. The van der Waals surface area contributed by atoms with Crippen LogP contribution in [0.4, 0.5) is 11.6 Å². The van der Waals surface area contributed by atoms with E-state index in [9.17, 15) is 0 Å². The lowest BCUT2D eigenvalue weighted by molar-refractivity contribution is 0.446. The van der Waals surface area contributed by atoms with E-state index in [1.165, 1.54) is 38.5 Å². The molecule has 104 valence electrons. The van der Waals surface area contributed by atoms with Gasteiger partial charge in [0, 0.05) is 24.6 Å². The van der Waals surface area contributed by atoms with Gasteiger partial charge in [-0.15, -0.1) is 0 Å². The second kappa shape index (κ2) is 5.33. The molecule has 1 saturated heterocycles. The second-order valence-corrected chi connectivity index (χ2v) is 5.64. The van der Waals surface area contributed by atoms with Crippen molar-refractivity contribution in [2.75, 3.05) is 16.9 Å². The zero-order valence-corrected chi connectivity index (χ0v) is 11.6. The molecule has 1 aliphatic carbocycles. The minimum absolute atomic E-state index is 0.553. The zero-order valence-electron chi connectivity index (χ0n) is 11.6. The van der Waals surface area contributed by atoms with Gasteiger partial charge in [0.1, 0.15) is 17.5 Å². The summed E-state index contributed by atoms with van der Waals surface area (Å²) in [6, 6.07) is 2.60. The molecule has 2 aliphatic rings. The predicted octanol–water partition coefficient (Wildman–Crippen LogP) is 2.41. The van der Waals surface area contributed by atoms with Crippen LogP contribution in [-0.4, -0.2) is 22.6 Å². The third kappa shape index (κ3) is 2.66. The number of nitrogens with one attached hydrogen (secondary N) is 1. The van der Waals surface area contributed by atoms with Crippen LogP contribution in [0.2, 0.25) is 0 Å². The molecular weight excluding hydrogens is 238 g/mol. The molecule has 0 radical (unpaired) electrons. The number of hydrogen-bond donors (Lipinski definition) is 2. The van der Waals surface area contributed by atoms with E-state index in [2.05, 4.69) is 22.2 Å². The zero-order chi connectivity index (χ0) is 13.2. The van der Waals surface area contributed by atoms with Crippen molar-refractivity contribution in [3.63, 3.8) is 0 Å². The van der Waals surface area contributed by atoms with Gasteiger partial charge in [0.25, 0.3) is 0 Å². The highest BCUT2D eigenvalue weighted by Gasteiger charge is 2.29. The van der Waals surface area contributed by atoms with E-state index in [-0.39, 0.29) is 0 Å². The summed E-state index contributed by atoms with van der Waals surface area (Å²) in [5.41, 5.74) is 2.68. The van der Waals surface area contributed by atoms with Gasteiger partial charge in [-0.2, -0.15) is 0 Å². The van der Waals surface area contributed by atoms with Gasteiger partial charge in [0.15, 0.2) is 0 Å². The molecule has 0 bridgehead atoms. The van der Waals surface area contributed by atoms with Crippen LogP contribution in [0.5, 0.6) is 0 Å². The molecule has 19 heavy (non-hydrogen) atoms. The number of piperidine rings is 1. The van der Waals surface area contributed by atoms with E-state index in [4.69, 9.17) is 10.8 Å². The normalized spacial score (nSPS) is 23.5. The first-order chi connectivity index (χ1) is 9.31. The highest BCUT2D eigenvalue weighted by Crippen LogP contribution is 2.39. The fourth-order valence-corrected chi connectivity index (χ4v) is 2.92. The van der Waals surface area contributed by atoms with E-state index in [1.807, 2.05) is 6.07 Å². The SMILES string of the molecule is CCC1CCCCN1c1cc(NN)nc(C2CC2)n1. The summed E-state index contributed by atoms with van der Waals surface area (Å²) < 4.78 is 0. The van der Waals surface area contributed by atoms with Crippen molar-refractivity contribution in [1.82, 2.24) is 9.97 Å². The Morgan fingerprint density at radius 2 is 2.16 bits per heavy atom. The standard InChI is InChI=1S/C14H23N5/c1-2-11-5-3-4-8-19(11)13-9-12(18-15)16-14(17-13)10-6-7-10/h9-11H,2-8,15H2,1H3,(H,16,17,18). The molecule has 1 aromatic heterocycles. The Hall–Kier alpha value is -1.36. The Balaban J connectivity index is 1.91. The fraction of sp³-hybridized carbons (Fsp3) is 0.714. The van der Waals surface area contributed by atoms with E-state index >= 15 is 0 Å². The van der Waals surface area contributed by atoms with E-state index in [0.29, 0.717) is 12.0 Å². The van der Waals surface area contributed by atoms with Crippen molar-refractivity contribution in [3.8, 4) is 0 Å². The number of nitrogens with two attached hydrogens (primary N) is 1. The van der Waals surface area contributed by atoms with E-state index in [1.54, 1.807) is 0 Å². The van der Waals surface area contributed by atoms with Crippen molar-refractivity contribution >= 4 is 11.6 Å². The first kappa shape index (κ1) is 12.7. The average Bonchev–Trinajstić information content (AvgIpc) is 3.31. The van der Waals surface area contributed by atoms with Gasteiger partial charge in [-0.25, -0.2) is 15.8 Å². The van der Waals surface area contributed by atoms with Crippen molar-refractivity contribution in [1.29, 1.82) is 0 Å². The molecule has 1 unspecified atom stereocenters. The van der Waals surface area contributed by atoms with Gasteiger partial charge in [-0.05, 0) is 38.5 Å². The summed E-state index contributed by atoms with van der Waals surface area (Å²) in [6.07, 6.45) is 7.45. The Morgan fingerprint density at radius 3 is 2.84 bits per heavy atom. The third-order valence-corrected chi connectivity index (χ3v) is 4.21. The van der Waals surface area contributed by atoms with Crippen LogP contribution in [0.3, 0.4) is 0 Å². The van der Waals surface area contributed by atoms with Crippen LogP contribution in [0, 0.1) is 0 Å². The van der Waals surface area contributed by atoms with E-state index < -0.39 is 0 Å². The smallest absolute Gasteiger partial charge is 0.145 e. The van der Waals surface area contributed by atoms with Crippen molar-refractivity contribution < 1.29 is 0 Å². The minimum Gasteiger partial charge on any atom is -0.353 e. The number of rotatable bonds is 4. The first-order valence-corrected chi connectivity index (χ1v) is 7.44. The quantitative estimate of drug-likeness (QED) is 0.643. The molecule has 1 saturated carbocycles. The van der Waals surface area contributed by atoms with Crippen LogP contribution in [0.1, 0.15) is 57.2 Å². The maximum Gasteiger partial charge on any atom is 0.145 e. The number of hydrazine groups is 1. The summed E-state index contributed by atoms with van der Waals surface area (Å²) in [6.45, 7) is 3.36. The molecule has 2 fully saturated rings. The molecule has 3 N–H and O–H groups in total. The lowest BCUT2D eigenvalue weighted by Gasteiger charge is -2.36. The number of aromatic nitrogens is 2. The maximum atomic E-state index is 5.55. The molecule has 2 heterocycles. The van der Waals surface area contributed by atoms with Gasteiger partial charge in [-0.3, -0.25) is 0 Å². The lowest BCUT2D eigenvalue weighted by Crippen LogP contribution is -2.39. The molecular formula is C14H23N5. The van der Waals surface area contributed by atoms with Gasteiger partial charge in [0.2, 0.25) is 0 Å². The fourth-order valence-electron chi connectivity index (χ4n) is 2.92. The summed E-state index contributed by atoms with van der Waals surface area (Å²) in [5, 5.41) is 0. The Bertz CT molecular complexity index is 443. The van der Waals surface area contributed by atoms with Crippen molar-refractivity contribution in [3.05, 3.63) is 11.9 Å². The van der Waals surface area contributed by atoms with Crippen LogP contribution in [0.15, 0.2) is 6.07 Å². The van der Waals surface area contributed by atoms with Crippen molar-refractivity contribution in [2.24, 2.45) is 5.84 Å². The summed E-state index contributed by atoms with van der Waals surface area (Å²) >= 11 is 0.